The summed E-state index contributed by atoms with van der Waals surface area (Å²) in [5, 5.41) is 2.05. The van der Waals surface area contributed by atoms with E-state index in [0.29, 0.717) is 12.4 Å². The average Bonchev–Trinajstić information content (AvgIpc) is 2.62. The van der Waals surface area contributed by atoms with Gasteiger partial charge in [-0.05, 0) is 26.0 Å². The molecule has 0 unspecified atom stereocenters. The molecule has 0 radical (unpaired) electrons. The van der Waals surface area contributed by atoms with Gasteiger partial charge >= 0.3 is 22.5 Å². The van der Waals surface area contributed by atoms with Gasteiger partial charge < -0.3 is 9.47 Å². The molecular weight excluding hydrogens is 374 g/mol. The summed E-state index contributed by atoms with van der Waals surface area (Å²) in [5.41, 5.74) is 0. The highest BCUT2D eigenvalue weighted by molar-refractivity contribution is 7.62. The Bertz CT molecular complexity index is 893. The molecule has 0 aliphatic heterocycles. The normalized spacial score (nSPS) is 9.74. The Morgan fingerprint density at radius 1 is 1.22 bits per heavy atom. The van der Waals surface area contributed by atoms with Crippen molar-refractivity contribution < 1.29 is 22.7 Å². The lowest BCUT2D eigenvalue weighted by Crippen LogP contribution is -2.11. The maximum absolute atomic E-state index is 10.9. The molecule has 11 heteroatoms. The highest BCUT2D eigenvalue weighted by Gasteiger charge is 2.07. The third-order valence-corrected chi connectivity index (χ3v) is 2.93. The van der Waals surface area contributed by atoms with Gasteiger partial charge in [0, 0.05) is 0 Å². The number of hydrogen-bond acceptors (Lipinski definition) is 8. The number of hydrogen-bond donors (Lipinski definition) is 1. The first-order chi connectivity index (χ1) is 12.9. The second-order valence-electron chi connectivity index (χ2n) is 4.62. The van der Waals surface area contributed by atoms with Crippen LogP contribution in [0, 0.1) is 6.92 Å². The van der Waals surface area contributed by atoms with Gasteiger partial charge in [-0.2, -0.15) is 23.4 Å². The SMILES string of the molecule is CC=CCOc1ccccc1.COc1nc(C)nc(NC(=O)N=S(=O)=O)n1. The Morgan fingerprint density at radius 2 is 1.93 bits per heavy atom. The molecule has 1 aromatic heterocycles. The van der Waals surface area contributed by atoms with Gasteiger partial charge in [-0.25, -0.2) is 4.79 Å². The summed E-state index contributed by atoms with van der Waals surface area (Å²) in [4.78, 5) is 22.1. The molecule has 2 rings (SSSR count). The fraction of sp³-hybridized carbons (Fsp3) is 0.250. The van der Waals surface area contributed by atoms with Gasteiger partial charge in [0.2, 0.25) is 5.95 Å². The summed E-state index contributed by atoms with van der Waals surface area (Å²) < 4.78 is 32.9. The highest BCUT2D eigenvalue weighted by atomic mass is 32.2. The van der Waals surface area contributed by atoms with Crippen LogP contribution < -0.4 is 14.8 Å². The van der Waals surface area contributed by atoms with Crippen LogP contribution in [0.4, 0.5) is 10.7 Å². The Labute approximate surface area is 158 Å². The number of urea groups is 1. The summed E-state index contributed by atoms with van der Waals surface area (Å²) >= 11 is 0. The average molecular weight is 393 g/mol. The zero-order chi connectivity index (χ0) is 20.1. The fourth-order valence-electron chi connectivity index (χ4n) is 1.55. The van der Waals surface area contributed by atoms with E-state index in [1.165, 1.54) is 7.11 Å². The van der Waals surface area contributed by atoms with Crippen LogP contribution in [-0.2, 0) is 10.5 Å². The first-order valence-electron chi connectivity index (χ1n) is 7.62. The number of nitrogens with zero attached hydrogens (tertiary/aromatic N) is 4. The molecule has 10 nitrogen and oxygen atoms in total. The molecule has 1 N–H and O–H groups in total. The lowest BCUT2D eigenvalue weighted by molar-refractivity contribution is 0.259. The molecule has 0 aliphatic rings. The summed E-state index contributed by atoms with van der Waals surface area (Å²) in [7, 11) is -1.48. The lowest BCUT2D eigenvalue weighted by atomic mass is 10.3. The third kappa shape index (κ3) is 9.65. The zero-order valence-electron chi connectivity index (χ0n) is 15.0. The fourth-order valence-corrected chi connectivity index (χ4v) is 1.73. The number of methoxy groups -OCH3 is 1. The highest BCUT2D eigenvalue weighted by Crippen LogP contribution is 2.07. The molecule has 27 heavy (non-hydrogen) atoms. The van der Waals surface area contributed by atoms with Crippen molar-refractivity contribution in [2.24, 2.45) is 4.36 Å². The summed E-state index contributed by atoms with van der Waals surface area (Å²) in [6.07, 6.45) is 3.95. The number of aryl methyl sites for hydroxylation is 1. The van der Waals surface area contributed by atoms with Crippen LogP contribution in [0.1, 0.15) is 12.7 Å². The number of amides is 2. The first-order valence-corrected chi connectivity index (χ1v) is 8.65. The van der Waals surface area contributed by atoms with Gasteiger partial charge in [0.15, 0.2) is 0 Å². The standard InChI is InChI=1S/C10H12O.C6H7N5O4S/c1-2-3-9-11-10-7-5-4-6-8-10;1-3-7-4(10-6(8-3)15-2)9-5(12)11-16(13)14/h2-8H,9H2,1H3;1-2H3,(H,7,8,9,10,12). The van der Waals surface area contributed by atoms with Gasteiger partial charge in [0.25, 0.3) is 0 Å². The maximum Gasteiger partial charge on any atom is 0.362 e. The number of para-hydroxylation sites is 1. The monoisotopic (exact) mass is 393 g/mol. The molecule has 144 valence electrons. The van der Waals surface area contributed by atoms with E-state index in [4.69, 9.17) is 9.47 Å². The number of benzene rings is 1. The predicted molar refractivity (Wildman–Crippen MR) is 98.2 cm³/mol. The zero-order valence-corrected chi connectivity index (χ0v) is 15.8. The van der Waals surface area contributed by atoms with E-state index < -0.39 is 16.5 Å². The van der Waals surface area contributed by atoms with Gasteiger partial charge in [-0.15, -0.1) is 0 Å². The van der Waals surface area contributed by atoms with Crippen LogP contribution in [0.25, 0.3) is 0 Å². The number of anilines is 1. The van der Waals surface area contributed by atoms with E-state index in [9.17, 15) is 13.2 Å². The number of aromatic nitrogens is 3. The summed E-state index contributed by atoms with van der Waals surface area (Å²) in [6.45, 7) is 4.19. The number of carbonyl (C=O) groups is 1. The number of carbonyl (C=O) groups excluding carboxylic acids is 1. The molecular formula is C16H19N5O5S. The number of nitrogens with one attached hydrogen (secondary N) is 1. The van der Waals surface area contributed by atoms with Crippen LogP contribution in [-0.4, -0.2) is 43.1 Å². The minimum Gasteiger partial charge on any atom is -0.490 e. The molecule has 2 aromatic rings. The molecule has 0 fully saturated rings. The maximum atomic E-state index is 10.9. The minimum atomic E-state index is -2.82. The van der Waals surface area contributed by atoms with Crippen LogP contribution in [0.3, 0.4) is 0 Å². The Balaban J connectivity index is 0.000000289. The van der Waals surface area contributed by atoms with E-state index in [-0.39, 0.29) is 12.0 Å². The molecule has 0 saturated carbocycles. The molecule has 2 amide bonds. The van der Waals surface area contributed by atoms with Crippen molar-refractivity contribution in [1.29, 1.82) is 0 Å². The smallest absolute Gasteiger partial charge is 0.362 e. The summed E-state index contributed by atoms with van der Waals surface area (Å²) in [6, 6.07) is 8.71. The Morgan fingerprint density at radius 3 is 2.52 bits per heavy atom. The largest absolute Gasteiger partial charge is 0.490 e. The Kier molecular flexibility index (Phi) is 9.71. The van der Waals surface area contributed by atoms with Crippen molar-refractivity contribution in [2.75, 3.05) is 19.0 Å². The summed E-state index contributed by atoms with van der Waals surface area (Å²) in [5.74, 6) is 1.10. The van der Waals surface area contributed by atoms with Gasteiger partial charge in [-0.1, -0.05) is 34.7 Å². The molecule has 0 saturated heterocycles. The van der Waals surface area contributed by atoms with Crippen molar-refractivity contribution in [3.8, 4) is 11.8 Å². The third-order valence-electron chi connectivity index (χ3n) is 2.61. The molecule has 0 bridgehead atoms. The van der Waals surface area contributed by atoms with Gasteiger partial charge in [0.1, 0.15) is 18.2 Å². The van der Waals surface area contributed by atoms with Crippen molar-refractivity contribution in [1.82, 2.24) is 15.0 Å². The topological polar surface area (TPSA) is 133 Å². The molecule has 0 spiro atoms. The Hall–Kier alpha value is -3.34. The van der Waals surface area contributed by atoms with Crippen LogP contribution in [0.15, 0.2) is 46.8 Å². The van der Waals surface area contributed by atoms with Crippen LogP contribution >= 0.6 is 0 Å². The molecule has 1 aromatic carbocycles. The van der Waals surface area contributed by atoms with Crippen LogP contribution in [0.2, 0.25) is 0 Å². The molecule has 1 heterocycles. The quantitative estimate of drug-likeness (QED) is 0.766. The van der Waals surface area contributed by atoms with E-state index in [1.54, 1.807) is 6.92 Å². The predicted octanol–water partition coefficient (Wildman–Crippen LogP) is 2.42. The van der Waals surface area contributed by atoms with E-state index in [1.807, 2.05) is 54.7 Å². The van der Waals surface area contributed by atoms with E-state index in [0.717, 1.165) is 5.75 Å². The first kappa shape index (κ1) is 21.7. The minimum absolute atomic E-state index is 0.00560. The number of rotatable bonds is 5. The van der Waals surface area contributed by atoms with E-state index >= 15 is 0 Å². The van der Waals surface area contributed by atoms with Crippen LogP contribution in [0.5, 0.6) is 11.8 Å². The van der Waals surface area contributed by atoms with Crippen molar-refractivity contribution in [3.05, 3.63) is 48.3 Å². The second-order valence-corrected chi connectivity index (χ2v) is 5.24. The molecule has 0 atom stereocenters. The van der Waals surface area contributed by atoms with Crippen molar-refractivity contribution >= 4 is 22.5 Å². The number of ether oxygens (including phenoxy) is 2. The second kappa shape index (κ2) is 12.1. The van der Waals surface area contributed by atoms with Crippen molar-refractivity contribution in [2.45, 2.75) is 13.8 Å². The van der Waals surface area contributed by atoms with Crippen molar-refractivity contribution in [3.63, 3.8) is 0 Å². The van der Waals surface area contributed by atoms with Gasteiger partial charge in [-0.3, -0.25) is 5.32 Å². The number of allylic oxidation sites excluding steroid dienone is 1. The van der Waals surface area contributed by atoms with E-state index in [2.05, 4.69) is 19.3 Å². The lowest BCUT2D eigenvalue weighted by Gasteiger charge is -2.02. The van der Waals surface area contributed by atoms with Gasteiger partial charge in [0.05, 0.1) is 7.11 Å². The molecule has 0 aliphatic carbocycles.